The molecule has 2 fully saturated rings. The molecule has 0 unspecified atom stereocenters. The summed E-state index contributed by atoms with van der Waals surface area (Å²) in [5, 5.41) is 7.66. The molecule has 4 rings (SSSR count). The fraction of sp³-hybridized carbons (Fsp3) is 0.500. The second-order valence-corrected chi connectivity index (χ2v) is 7.03. The van der Waals surface area contributed by atoms with Gasteiger partial charge < -0.3 is 24.4 Å². The van der Waals surface area contributed by atoms with Crippen molar-refractivity contribution < 1.29 is 14.1 Å². The largest absolute Gasteiger partial charge is 0.497 e. The van der Waals surface area contributed by atoms with E-state index in [1.165, 1.54) is 0 Å². The van der Waals surface area contributed by atoms with Crippen LogP contribution in [0.4, 0.5) is 5.82 Å². The molecule has 0 radical (unpaired) electrons. The van der Waals surface area contributed by atoms with Crippen LogP contribution in [0.2, 0.25) is 0 Å². The summed E-state index contributed by atoms with van der Waals surface area (Å²) in [5.41, 5.74) is 1.43. The van der Waals surface area contributed by atoms with Crippen LogP contribution in [-0.4, -0.2) is 62.3 Å². The summed E-state index contributed by atoms with van der Waals surface area (Å²) in [5.74, 6) is 2.00. The molecule has 7 nitrogen and oxygen atoms in total. The zero-order valence-electron chi connectivity index (χ0n) is 15.7. The zero-order valence-corrected chi connectivity index (χ0v) is 15.7. The first-order valence-electron chi connectivity index (χ1n) is 9.67. The number of ether oxygens (including phenoxy) is 1. The maximum atomic E-state index is 13.5. The molecule has 0 atom stereocenters. The average molecular weight is 370 g/mol. The number of aromatic nitrogens is 1. The zero-order chi connectivity index (χ0) is 18.6. The van der Waals surface area contributed by atoms with Crippen molar-refractivity contribution in [2.75, 3.05) is 51.3 Å². The predicted octanol–water partition coefficient (Wildman–Crippen LogP) is 2.39. The molecule has 0 bridgehead atoms. The lowest BCUT2D eigenvalue weighted by Gasteiger charge is -2.22. The van der Waals surface area contributed by atoms with Crippen LogP contribution in [0.1, 0.15) is 29.6 Å². The van der Waals surface area contributed by atoms with Crippen LogP contribution >= 0.6 is 0 Å². The van der Waals surface area contributed by atoms with E-state index >= 15 is 0 Å². The van der Waals surface area contributed by atoms with Crippen LogP contribution in [0.5, 0.6) is 5.75 Å². The molecular formula is C20H26N4O3. The molecule has 2 aromatic rings. The van der Waals surface area contributed by atoms with Crippen molar-refractivity contribution in [3.63, 3.8) is 0 Å². The second kappa shape index (κ2) is 8.00. The molecule has 1 aromatic heterocycles. The third-order valence-corrected chi connectivity index (χ3v) is 5.27. The Bertz CT molecular complexity index is 773. The van der Waals surface area contributed by atoms with Crippen molar-refractivity contribution >= 4 is 11.7 Å². The van der Waals surface area contributed by atoms with Crippen LogP contribution < -0.4 is 15.0 Å². The number of carbonyl (C=O) groups excluding carboxylic acids is 1. The van der Waals surface area contributed by atoms with E-state index in [9.17, 15) is 4.79 Å². The van der Waals surface area contributed by atoms with Crippen molar-refractivity contribution in [3.8, 4) is 17.1 Å². The van der Waals surface area contributed by atoms with Gasteiger partial charge in [0.1, 0.15) is 11.3 Å². The molecule has 2 aliphatic heterocycles. The maximum Gasteiger partial charge on any atom is 0.261 e. The predicted molar refractivity (Wildman–Crippen MR) is 103 cm³/mol. The van der Waals surface area contributed by atoms with Gasteiger partial charge in [0.15, 0.2) is 11.6 Å². The smallest absolute Gasteiger partial charge is 0.261 e. The van der Waals surface area contributed by atoms with Crippen LogP contribution in [0.3, 0.4) is 0 Å². The molecule has 2 saturated heterocycles. The molecule has 1 N–H and O–H groups in total. The lowest BCUT2D eigenvalue weighted by Crippen LogP contribution is -2.35. The number of hydrogen-bond acceptors (Lipinski definition) is 6. The molecule has 2 aliphatic rings. The summed E-state index contributed by atoms with van der Waals surface area (Å²) in [4.78, 5) is 17.5. The van der Waals surface area contributed by atoms with Crippen molar-refractivity contribution in [3.05, 3.63) is 29.8 Å². The van der Waals surface area contributed by atoms with E-state index in [4.69, 9.17) is 9.26 Å². The van der Waals surface area contributed by atoms with Gasteiger partial charge in [-0.3, -0.25) is 4.79 Å². The van der Waals surface area contributed by atoms with Crippen molar-refractivity contribution in [2.45, 2.75) is 19.3 Å². The molecule has 144 valence electrons. The number of amides is 1. The molecule has 0 aliphatic carbocycles. The fourth-order valence-electron chi connectivity index (χ4n) is 3.77. The van der Waals surface area contributed by atoms with Crippen LogP contribution in [0.25, 0.3) is 11.3 Å². The number of nitrogens with zero attached hydrogens (tertiary/aromatic N) is 3. The van der Waals surface area contributed by atoms with E-state index in [1.807, 2.05) is 29.2 Å². The first-order chi connectivity index (χ1) is 13.3. The maximum absolute atomic E-state index is 13.5. The lowest BCUT2D eigenvalue weighted by molar-refractivity contribution is 0.0767. The Kier molecular flexibility index (Phi) is 5.29. The molecule has 3 heterocycles. The summed E-state index contributed by atoms with van der Waals surface area (Å²) in [6.07, 6.45) is 3.19. The molecule has 1 amide bonds. The quantitative estimate of drug-likeness (QED) is 0.891. The van der Waals surface area contributed by atoms with E-state index < -0.39 is 0 Å². The first kappa shape index (κ1) is 17.9. The summed E-state index contributed by atoms with van der Waals surface area (Å²) in [6.45, 7) is 5.03. The summed E-state index contributed by atoms with van der Waals surface area (Å²) in [6, 6.07) is 7.57. The van der Waals surface area contributed by atoms with Crippen LogP contribution in [0.15, 0.2) is 28.8 Å². The summed E-state index contributed by atoms with van der Waals surface area (Å²) in [7, 11) is 1.64. The van der Waals surface area contributed by atoms with Crippen molar-refractivity contribution in [2.24, 2.45) is 0 Å². The second-order valence-electron chi connectivity index (χ2n) is 7.03. The fourth-order valence-corrected chi connectivity index (χ4v) is 3.77. The first-order valence-corrected chi connectivity index (χ1v) is 9.67. The van der Waals surface area contributed by atoms with Crippen LogP contribution in [0, 0.1) is 0 Å². The van der Waals surface area contributed by atoms with Crippen molar-refractivity contribution in [1.29, 1.82) is 0 Å². The third-order valence-electron chi connectivity index (χ3n) is 5.27. The molecular weight excluding hydrogens is 344 g/mol. The summed E-state index contributed by atoms with van der Waals surface area (Å²) < 4.78 is 11.0. The van der Waals surface area contributed by atoms with Crippen molar-refractivity contribution in [1.82, 2.24) is 15.4 Å². The minimum absolute atomic E-state index is 0.00710. The lowest BCUT2D eigenvalue weighted by atomic mass is 10.1. The van der Waals surface area contributed by atoms with E-state index in [1.54, 1.807) is 7.11 Å². The normalized spacial score (nSPS) is 17.8. The average Bonchev–Trinajstić information content (AvgIpc) is 3.31. The number of anilines is 1. The van der Waals surface area contributed by atoms with Gasteiger partial charge in [-0.2, -0.15) is 0 Å². The number of carbonyl (C=O) groups is 1. The Labute approximate surface area is 159 Å². The monoisotopic (exact) mass is 370 g/mol. The van der Waals surface area contributed by atoms with Gasteiger partial charge in [0.2, 0.25) is 0 Å². The van der Waals surface area contributed by atoms with Gasteiger partial charge >= 0.3 is 0 Å². The Balaban J connectivity index is 1.73. The highest BCUT2D eigenvalue weighted by Gasteiger charge is 2.31. The Morgan fingerprint density at radius 2 is 1.85 bits per heavy atom. The van der Waals surface area contributed by atoms with Gasteiger partial charge in [0.05, 0.1) is 7.11 Å². The van der Waals surface area contributed by atoms with E-state index in [0.29, 0.717) is 23.7 Å². The van der Waals surface area contributed by atoms with Gasteiger partial charge in [-0.1, -0.05) is 5.16 Å². The Morgan fingerprint density at radius 1 is 1.07 bits per heavy atom. The van der Waals surface area contributed by atoms with E-state index in [-0.39, 0.29) is 5.91 Å². The molecule has 7 heteroatoms. The van der Waals surface area contributed by atoms with Crippen LogP contribution in [-0.2, 0) is 0 Å². The van der Waals surface area contributed by atoms with Gasteiger partial charge in [0.25, 0.3) is 5.91 Å². The van der Waals surface area contributed by atoms with Gasteiger partial charge in [-0.15, -0.1) is 0 Å². The molecule has 1 aromatic carbocycles. The standard InChI is InChI=1S/C20H26N4O3/c1-26-16-7-5-15(6-8-16)18-17(19(22-27-18)23-11-2-3-12-23)20(25)24-13-4-9-21-10-14-24/h5-8,21H,2-4,9-14H2,1H3. The number of hydrogen-bond donors (Lipinski definition) is 1. The Morgan fingerprint density at radius 3 is 2.59 bits per heavy atom. The van der Waals surface area contributed by atoms with E-state index in [2.05, 4.69) is 15.4 Å². The van der Waals surface area contributed by atoms with Gasteiger partial charge in [-0.25, -0.2) is 0 Å². The number of benzene rings is 1. The molecule has 0 saturated carbocycles. The Hall–Kier alpha value is -2.54. The van der Waals surface area contributed by atoms with Gasteiger partial charge in [0, 0.05) is 38.3 Å². The molecule has 0 spiro atoms. The number of rotatable bonds is 4. The highest BCUT2D eigenvalue weighted by atomic mass is 16.5. The highest BCUT2D eigenvalue weighted by molar-refractivity contribution is 6.04. The minimum atomic E-state index is 0.00710. The number of methoxy groups -OCH3 is 1. The van der Waals surface area contributed by atoms with E-state index in [0.717, 1.165) is 63.3 Å². The SMILES string of the molecule is COc1ccc(-c2onc(N3CCCC3)c2C(=O)N2CCCNCC2)cc1. The number of nitrogens with one attached hydrogen (secondary N) is 1. The summed E-state index contributed by atoms with van der Waals surface area (Å²) >= 11 is 0. The minimum Gasteiger partial charge on any atom is -0.497 e. The topological polar surface area (TPSA) is 70.8 Å². The highest BCUT2D eigenvalue weighted by Crippen LogP contribution is 2.34. The third kappa shape index (κ3) is 3.64. The van der Waals surface area contributed by atoms with Gasteiger partial charge in [-0.05, 0) is 50.1 Å². The molecule has 27 heavy (non-hydrogen) atoms.